The van der Waals surface area contributed by atoms with Crippen LogP contribution in [0.1, 0.15) is 175 Å². The summed E-state index contributed by atoms with van der Waals surface area (Å²) in [6.45, 7) is 62.3. The monoisotopic (exact) mass is 1800 g/mol. The van der Waals surface area contributed by atoms with Crippen LogP contribution in [0.2, 0.25) is 0 Å². The van der Waals surface area contributed by atoms with Crippen molar-refractivity contribution < 1.29 is 119 Å². The van der Waals surface area contributed by atoms with Crippen molar-refractivity contribution in [2.24, 2.45) is 0 Å². The standard InChI is InChI=1S/2C28H28O6.C26H23FO6.C26H24O6/c1-15(2)26(29)32-22-11-8-19(14-18(22)7)20-9-12-23(33-27(30)16(3)4)25-21(20)10-13-24(25)34-28(31)17(5)6;1-15(2)26(29)32-19-8-9-20(18(7)14-19)21-10-12-23(33-27(30)16(3)4)25-22(21)11-13-24(25)34-28(31)17(5)6;1-6-23(28)32-21-12-10-19-17(9-11-22(24(19)21)33-26(30)15(4)5)18-8-7-16(13-20(18)27)31-25(29)14(2)3;1-6-23(27)30-18-9-7-17(8-10-18)19-11-13-21(31-25(28)15(2)3)24-20(19)12-14-22(24)32-26(29)16(4)5/h8-9,11-12,14,24H,1,3,5,10,13H2,2,4,6-7H3;8-10,12,14,24H,1,3,5,11,13H2,2,4,6-7H3;6-9,11,13,21H,1-2,4,10,12H2,3,5H3;6-11,13,22H,1-2,4,12,14H2,3,5H3. The van der Waals surface area contributed by atoms with E-state index in [1.165, 1.54) is 32.0 Å². The molecular weight excluding hydrogens is 1700 g/mol. The van der Waals surface area contributed by atoms with Crippen molar-refractivity contribution in [2.75, 3.05) is 0 Å². The Balaban J connectivity index is 0.000000199. The molecule has 133 heavy (non-hydrogen) atoms. The maximum absolute atomic E-state index is 15.0. The van der Waals surface area contributed by atoms with E-state index in [1.807, 2.05) is 62.4 Å². The molecule has 4 aliphatic rings. The lowest BCUT2D eigenvalue weighted by atomic mass is 9.93. The molecule has 25 heteroatoms. The van der Waals surface area contributed by atoms with E-state index in [-0.39, 0.29) is 44.9 Å². The molecular formula is C108H103FO24. The van der Waals surface area contributed by atoms with E-state index in [4.69, 9.17) is 56.8 Å². The summed E-state index contributed by atoms with van der Waals surface area (Å²) >= 11 is 0. The Bertz CT molecular complexity index is 6290. The van der Waals surface area contributed by atoms with Crippen molar-refractivity contribution >= 4 is 71.6 Å². The Labute approximate surface area is 771 Å². The normalized spacial score (nSPS) is 14.1. The van der Waals surface area contributed by atoms with Crippen LogP contribution < -0.4 is 37.9 Å². The highest BCUT2D eigenvalue weighted by atomic mass is 19.1. The van der Waals surface area contributed by atoms with Crippen molar-refractivity contribution in [3.63, 3.8) is 0 Å². The molecule has 686 valence electrons. The first-order valence-electron chi connectivity index (χ1n) is 42.0. The largest absolute Gasteiger partial charge is 0.454 e. The van der Waals surface area contributed by atoms with Gasteiger partial charge in [0.05, 0.1) is 0 Å². The number of esters is 12. The minimum Gasteiger partial charge on any atom is -0.454 e. The Morgan fingerprint density at radius 3 is 0.872 bits per heavy atom. The number of benzene rings is 8. The maximum Gasteiger partial charge on any atom is 0.338 e. The molecule has 0 radical (unpaired) electrons. The number of halogens is 1. The molecule has 0 spiro atoms. The van der Waals surface area contributed by atoms with E-state index in [1.54, 1.807) is 110 Å². The van der Waals surface area contributed by atoms with Gasteiger partial charge in [-0.15, -0.1) is 0 Å². The van der Waals surface area contributed by atoms with Crippen LogP contribution in [0.3, 0.4) is 0 Å². The van der Waals surface area contributed by atoms with Gasteiger partial charge in [-0.05, 0) is 280 Å². The van der Waals surface area contributed by atoms with Gasteiger partial charge in [-0.1, -0.05) is 127 Å². The van der Waals surface area contributed by atoms with Gasteiger partial charge in [0.15, 0.2) is 0 Å². The van der Waals surface area contributed by atoms with E-state index in [9.17, 15) is 57.5 Å². The molecule has 0 bridgehead atoms. The number of fused-ring (bicyclic) bond motifs is 4. The highest BCUT2D eigenvalue weighted by Gasteiger charge is 2.38. The first-order chi connectivity index (χ1) is 62.8. The zero-order chi connectivity index (χ0) is 98.0. The number of hydrogen-bond donors (Lipinski definition) is 0. The predicted octanol–water partition coefficient (Wildman–Crippen LogP) is 21.7. The molecule has 4 unspecified atom stereocenters. The van der Waals surface area contributed by atoms with Crippen LogP contribution >= 0.6 is 0 Å². The van der Waals surface area contributed by atoms with Crippen molar-refractivity contribution in [2.45, 2.75) is 159 Å². The topological polar surface area (TPSA) is 316 Å². The highest BCUT2D eigenvalue weighted by Crippen LogP contribution is 2.51. The summed E-state index contributed by atoms with van der Waals surface area (Å²) in [5, 5.41) is 0. The third-order valence-electron chi connectivity index (χ3n) is 21.0. The van der Waals surface area contributed by atoms with E-state index in [2.05, 4.69) is 78.9 Å². The van der Waals surface area contributed by atoms with Gasteiger partial charge >= 0.3 is 71.6 Å². The Hall–Kier alpha value is -15.8. The fraction of sp³-hybridized carbons (Fsp3) is 0.222. The molecule has 8 aromatic rings. The van der Waals surface area contributed by atoms with Crippen LogP contribution in [0.5, 0.6) is 46.0 Å². The molecule has 0 fully saturated rings. The van der Waals surface area contributed by atoms with Crippen molar-refractivity contribution in [3.8, 4) is 90.5 Å². The van der Waals surface area contributed by atoms with Gasteiger partial charge in [0.25, 0.3) is 0 Å². The molecule has 0 N–H and O–H groups in total. The Morgan fingerprint density at radius 1 is 0.271 bits per heavy atom. The third-order valence-corrected chi connectivity index (χ3v) is 21.0. The molecule has 4 atom stereocenters. The minimum atomic E-state index is -0.683. The van der Waals surface area contributed by atoms with Crippen LogP contribution in [0, 0.1) is 19.7 Å². The zero-order valence-electron chi connectivity index (χ0n) is 76.4. The quantitative estimate of drug-likeness (QED) is 0.0190. The van der Waals surface area contributed by atoms with Crippen LogP contribution in [0.4, 0.5) is 4.39 Å². The first-order valence-corrected chi connectivity index (χ1v) is 42.0. The molecule has 24 nitrogen and oxygen atoms in total. The van der Waals surface area contributed by atoms with E-state index in [0.29, 0.717) is 147 Å². The second-order valence-electron chi connectivity index (χ2n) is 32.3. The lowest BCUT2D eigenvalue weighted by Crippen LogP contribution is -2.14. The average molecular weight is 1800 g/mol. The van der Waals surface area contributed by atoms with Gasteiger partial charge in [-0.3, -0.25) is 0 Å². The predicted molar refractivity (Wildman–Crippen MR) is 499 cm³/mol. The average Bonchev–Trinajstić information content (AvgIpc) is 1.66. The van der Waals surface area contributed by atoms with Crippen LogP contribution in [-0.4, -0.2) is 71.6 Å². The third kappa shape index (κ3) is 25.2. The van der Waals surface area contributed by atoms with Crippen LogP contribution in [0.15, 0.2) is 274 Å². The number of carbonyl (C=O) groups excluding carboxylic acids is 12. The summed E-state index contributed by atoms with van der Waals surface area (Å²) < 4.78 is 80.5. The fourth-order valence-corrected chi connectivity index (χ4v) is 14.4. The van der Waals surface area contributed by atoms with Gasteiger partial charge in [-0.25, -0.2) is 61.9 Å². The van der Waals surface area contributed by atoms with E-state index in [0.717, 1.165) is 79.4 Å². The maximum atomic E-state index is 15.0. The number of hydrogen-bond acceptors (Lipinski definition) is 24. The minimum absolute atomic E-state index is 0.0469. The van der Waals surface area contributed by atoms with Gasteiger partial charge < -0.3 is 56.8 Å². The smallest absolute Gasteiger partial charge is 0.338 e. The fourth-order valence-electron chi connectivity index (χ4n) is 14.4. The van der Waals surface area contributed by atoms with E-state index >= 15 is 4.39 Å². The molecule has 0 aliphatic heterocycles. The summed E-state index contributed by atoms with van der Waals surface area (Å²) in [5.74, 6) is -4.61. The number of ether oxygens (including phenoxy) is 12. The van der Waals surface area contributed by atoms with Crippen molar-refractivity contribution in [3.05, 3.63) is 336 Å². The summed E-state index contributed by atoms with van der Waals surface area (Å²) in [6, 6.07) is 35.9. The van der Waals surface area contributed by atoms with Gasteiger partial charge in [-0.2, -0.15) is 0 Å². The lowest BCUT2D eigenvalue weighted by Gasteiger charge is -2.19. The molecule has 0 heterocycles. The Kier molecular flexibility index (Phi) is 33.8. The second kappa shape index (κ2) is 44.5. The number of aryl methyl sites for hydroxylation is 2. The molecule has 0 saturated heterocycles. The highest BCUT2D eigenvalue weighted by molar-refractivity contribution is 5.96. The molecule has 0 amide bonds. The number of carbonyl (C=O) groups is 12. The lowest BCUT2D eigenvalue weighted by molar-refractivity contribution is -0.145. The molecule has 4 aliphatic carbocycles. The van der Waals surface area contributed by atoms with Gasteiger partial charge in [0.1, 0.15) is 76.2 Å². The summed E-state index contributed by atoms with van der Waals surface area (Å²) in [7, 11) is 0. The van der Waals surface area contributed by atoms with Crippen LogP contribution in [-0.2, 0) is 102 Å². The van der Waals surface area contributed by atoms with Gasteiger partial charge in [0, 0.05) is 102 Å². The molecule has 0 saturated carbocycles. The second-order valence-corrected chi connectivity index (χ2v) is 32.3. The van der Waals surface area contributed by atoms with Crippen molar-refractivity contribution in [1.29, 1.82) is 0 Å². The SMILES string of the molecule is C=C(C)C(=O)Oc1ccc(-c2ccc(OC(=O)C(=C)C)c3c2CCC3OC(=O)C(=C)C)c(C)c1.C=C(C)C(=O)Oc1ccc(-c2ccc(OC(=O)C(=C)C)c3c2CCC3OC(=O)C(=C)C)cc1C.C=CC(=O)OC1CCc2c(-c3ccc(OC(=O)C(=C)C)cc3F)ccc(OC(=O)C(=C)C)c21.C=CC(=O)Oc1ccc(-c2ccc(OC(=O)C(=C)C)c3c2CCC3OC(=O)C(=C)C)cc1. The zero-order valence-corrected chi connectivity index (χ0v) is 76.4. The first kappa shape index (κ1) is 101. The van der Waals surface area contributed by atoms with Crippen molar-refractivity contribution in [1.82, 2.24) is 0 Å². The number of rotatable bonds is 28. The van der Waals surface area contributed by atoms with Gasteiger partial charge in [0.2, 0.25) is 0 Å². The van der Waals surface area contributed by atoms with E-state index < -0.39 is 102 Å². The molecule has 12 rings (SSSR count). The summed E-state index contributed by atoms with van der Waals surface area (Å²) in [4.78, 5) is 144. The summed E-state index contributed by atoms with van der Waals surface area (Å²) in [5.41, 5.74) is 16.6. The summed E-state index contributed by atoms with van der Waals surface area (Å²) in [6.07, 6.45) is 4.20. The molecule has 0 aromatic heterocycles. The Morgan fingerprint density at radius 2 is 0.541 bits per heavy atom. The van der Waals surface area contributed by atoms with Crippen LogP contribution in [0.25, 0.3) is 44.5 Å². The molecule has 8 aromatic carbocycles.